The Morgan fingerprint density at radius 1 is 1.22 bits per heavy atom. The highest BCUT2D eigenvalue weighted by molar-refractivity contribution is 6.31. The van der Waals surface area contributed by atoms with Gasteiger partial charge in [-0.1, -0.05) is 61.8 Å². The molecule has 1 fully saturated rings. The van der Waals surface area contributed by atoms with Gasteiger partial charge in [-0.2, -0.15) is 0 Å². The van der Waals surface area contributed by atoms with Gasteiger partial charge in [0.15, 0.2) is 0 Å². The molecule has 1 aliphatic heterocycles. The van der Waals surface area contributed by atoms with Gasteiger partial charge in [0, 0.05) is 23.8 Å². The van der Waals surface area contributed by atoms with Gasteiger partial charge in [0.25, 0.3) is 0 Å². The van der Waals surface area contributed by atoms with Crippen molar-refractivity contribution in [3.05, 3.63) is 64.2 Å². The molecular formula is C23H29ClN2O. The third-order valence-electron chi connectivity index (χ3n) is 5.40. The largest absolute Gasteiger partial charge is 0.325 e. The molecule has 0 bridgehead atoms. The molecule has 144 valence electrons. The number of amides is 1. The molecular weight excluding hydrogens is 356 g/mol. The number of nitrogens with one attached hydrogen (secondary N) is 1. The van der Waals surface area contributed by atoms with Crippen molar-refractivity contribution < 1.29 is 4.79 Å². The van der Waals surface area contributed by atoms with Crippen LogP contribution in [0.4, 0.5) is 5.69 Å². The maximum absolute atomic E-state index is 13.0. The van der Waals surface area contributed by atoms with Crippen molar-refractivity contribution >= 4 is 23.2 Å². The van der Waals surface area contributed by atoms with E-state index in [1.54, 1.807) is 0 Å². The quantitative estimate of drug-likeness (QED) is 0.725. The monoisotopic (exact) mass is 384 g/mol. The predicted octanol–water partition coefficient (Wildman–Crippen LogP) is 5.62. The smallest absolute Gasteiger partial charge is 0.228 e. The van der Waals surface area contributed by atoms with Gasteiger partial charge in [-0.3, -0.25) is 9.69 Å². The Labute approximate surface area is 167 Å². The molecule has 1 aliphatic rings. The van der Waals surface area contributed by atoms with E-state index in [4.69, 9.17) is 11.6 Å². The summed E-state index contributed by atoms with van der Waals surface area (Å²) in [6.07, 6.45) is 1.97. The zero-order chi connectivity index (χ0) is 19.4. The molecule has 1 atom stereocenters. The molecule has 2 aromatic rings. The van der Waals surface area contributed by atoms with Crippen molar-refractivity contribution in [2.75, 3.05) is 18.4 Å². The van der Waals surface area contributed by atoms with Gasteiger partial charge >= 0.3 is 0 Å². The highest BCUT2D eigenvalue weighted by Crippen LogP contribution is 2.29. The first kappa shape index (κ1) is 19.9. The summed E-state index contributed by atoms with van der Waals surface area (Å²) in [5.74, 6) is 0.527. The Kier molecular flexibility index (Phi) is 6.56. The summed E-state index contributed by atoms with van der Waals surface area (Å²) in [4.78, 5) is 15.3. The molecule has 1 unspecified atom stereocenters. The molecule has 1 heterocycles. The fourth-order valence-electron chi connectivity index (χ4n) is 3.85. The predicted molar refractivity (Wildman–Crippen MR) is 113 cm³/mol. The topological polar surface area (TPSA) is 32.3 Å². The van der Waals surface area contributed by atoms with Gasteiger partial charge in [-0.05, 0) is 55.0 Å². The Morgan fingerprint density at radius 2 is 2.00 bits per heavy atom. The third kappa shape index (κ3) is 4.91. The number of anilines is 1. The Balaban J connectivity index is 1.68. The molecule has 3 nitrogen and oxygen atoms in total. The Hall–Kier alpha value is -1.84. The molecule has 4 heteroatoms. The molecule has 0 radical (unpaired) electrons. The van der Waals surface area contributed by atoms with Crippen molar-refractivity contribution in [1.82, 2.24) is 4.90 Å². The van der Waals surface area contributed by atoms with Crippen molar-refractivity contribution in [3.63, 3.8) is 0 Å². The Morgan fingerprint density at radius 3 is 2.74 bits per heavy atom. The number of aryl methyl sites for hydroxylation is 1. The SMILES string of the molecule is Cc1cccc(C(C)C)c1NC(=O)C1CCCN(Cc2ccccc2Cl)C1. The van der Waals surface area contributed by atoms with Gasteiger partial charge in [0.1, 0.15) is 0 Å². The minimum absolute atomic E-state index is 0.0147. The van der Waals surface area contributed by atoms with Crippen LogP contribution in [0.3, 0.4) is 0 Å². The molecule has 1 saturated heterocycles. The van der Waals surface area contributed by atoms with E-state index in [-0.39, 0.29) is 11.8 Å². The number of piperidine rings is 1. The fraction of sp³-hybridized carbons (Fsp3) is 0.435. The van der Waals surface area contributed by atoms with Gasteiger partial charge in [0.05, 0.1) is 5.92 Å². The third-order valence-corrected chi connectivity index (χ3v) is 5.77. The summed E-state index contributed by atoms with van der Waals surface area (Å²) >= 11 is 6.31. The van der Waals surface area contributed by atoms with Crippen LogP contribution in [0.5, 0.6) is 0 Å². The minimum Gasteiger partial charge on any atom is -0.325 e. The van der Waals surface area contributed by atoms with E-state index in [0.717, 1.165) is 54.3 Å². The Bertz CT molecular complexity index is 803. The van der Waals surface area contributed by atoms with Gasteiger partial charge in [-0.25, -0.2) is 0 Å². The van der Waals surface area contributed by atoms with E-state index in [9.17, 15) is 4.79 Å². The van der Waals surface area contributed by atoms with Crippen molar-refractivity contribution in [2.24, 2.45) is 5.92 Å². The highest BCUT2D eigenvalue weighted by atomic mass is 35.5. The number of carbonyl (C=O) groups is 1. The number of hydrogen-bond acceptors (Lipinski definition) is 2. The molecule has 1 amide bonds. The maximum atomic E-state index is 13.0. The number of nitrogens with zero attached hydrogens (tertiary/aromatic N) is 1. The highest BCUT2D eigenvalue weighted by Gasteiger charge is 2.27. The number of hydrogen-bond donors (Lipinski definition) is 1. The number of rotatable bonds is 5. The van der Waals surface area contributed by atoms with Crippen LogP contribution in [0.15, 0.2) is 42.5 Å². The summed E-state index contributed by atoms with van der Waals surface area (Å²) in [7, 11) is 0. The summed E-state index contributed by atoms with van der Waals surface area (Å²) < 4.78 is 0. The second-order valence-electron chi connectivity index (χ2n) is 7.85. The molecule has 0 aliphatic carbocycles. The van der Waals surface area contributed by atoms with Crippen LogP contribution in [0.1, 0.15) is 49.3 Å². The molecule has 27 heavy (non-hydrogen) atoms. The molecule has 0 aromatic heterocycles. The van der Waals surface area contributed by atoms with Crippen LogP contribution in [0.2, 0.25) is 5.02 Å². The maximum Gasteiger partial charge on any atom is 0.228 e. The average molecular weight is 385 g/mol. The lowest BCUT2D eigenvalue weighted by Crippen LogP contribution is -2.40. The van der Waals surface area contributed by atoms with E-state index < -0.39 is 0 Å². The normalized spacial score (nSPS) is 17.9. The second-order valence-corrected chi connectivity index (χ2v) is 8.26. The average Bonchev–Trinajstić information content (AvgIpc) is 2.65. The zero-order valence-electron chi connectivity index (χ0n) is 16.5. The van der Waals surface area contributed by atoms with Crippen LogP contribution in [0.25, 0.3) is 0 Å². The van der Waals surface area contributed by atoms with Gasteiger partial charge in [-0.15, -0.1) is 0 Å². The van der Waals surface area contributed by atoms with E-state index in [1.807, 2.05) is 18.2 Å². The first-order valence-corrected chi connectivity index (χ1v) is 10.2. The summed E-state index contributed by atoms with van der Waals surface area (Å²) in [6.45, 7) is 8.97. The van der Waals surface area contributed by atoms with Crippen LogP contribution in [-0.2, 0) is 11.3 Å². The molecule has 1 N–H and O–H groups in total. The second kappa shape index (κ2) is 8.90. The van der Waals surface area contributed by atoms with Crippen molar-refractivity contribution in [2.45, 2.75) is 46.1 Å². The summed E-state index contributed by atoms with van der Waals surface area (Å²) in [5, 5.41) is 4.03. The molecule has 0 saturated carbocycles. The van der Waals surface area contributed by atoms with Crippen LogP contribution in [0, 0.1) is 12.8 Å². The van der Waals surface area contributed by atoms with Crippen LogP contribution in [-0.4, -0.2) is 23.9 Å². The van der Waals surface area contributed by atoms with Gasteiger partial charge in [0.2, 0.25) is 5.91 Å². The lowest BCUT2D eigenvalue weighted by Gasteiger charge is -2.32. The van der Waals surface area contributed by atoms with E-state index in [2.05, 4.69) is 55.3 Å². The summed E-state index contributed by atoms with van der Waals surface area (Å²) in [5.41, 5.74) is 4.44. The lowest BCUT2D eigenvalue weighted by molar-refractivity contribution is -0.121. The fourth-order valence-corrected chi connectivity index (χ4v) is 4.04. The van der Waals surface area contributed by atoms with Crippen molar-refractivity contribution in [1.29, 1.82) is 0 Å². The summed E-state index contributed by atoms with van der Waals surface area (Å²) in [6, 6.07) is 14.2. The zero-order valence-corrected chi connectivity index (χ0v) is 17.2. The van der Waals surface area contributed by atoms with E-state index in [1.165, 1.54) is 5.56 Å². The number of benzene rings is 2. The number of halogens is 1. The lowest BCUT2D eigenvalue weighted by atomic mass is 9.94. The van der Waals surface area contributed by atoms with Gasteiger partial charge < -0.3 is 5.32 Å². The minimum atomic E-state index is 0.0147. The standard InChI is InChI=1S/C23H29ClN2O/c1-16(2)20-11-6-8-17(3)22(20)25-23(27)19-10-7-13-26(15-19)14-18-9-4-5-12-21(18)24/h4-6,8-9,11-12,16,19H,7,10,13-15H2,1-3H3,(H,25,27). The number of para-hydroxylation sites is 1. The van der Waals surface area contributed by atoms with Crippen LogP contribution >= 0.6 is 11.6 Å². The molecule has 3 rings (SSSR count). The molecule has 2 aromatic carbocycles. The number of likely N-dealkylation sites (tertiary alicyclic amines) is 1. The van der Waals surface area contributed by atoms with E-state index in [0.29, 0.717) is 5.92 Å². The first-order chi connectivity index (χ1) is 13.0. The van der Waals surface area contributed by atoms with Crippen molar-refractivity contribution in [3.8, 4) is 0 Å². The van der Waals surface area contributed by atoms with Crippen LogP contribution < -0.4 is 5.32 Å². The number of carbonyl (C=O) groups excluding carboxylic acids is 1. The van der Waals surface area contributed by atoms with E-state index >= 15 is 0 Å². The molecule has 0 spiro atoms. The first-order valence-electron chi connectivity index (χ1n) is 9.82.